The average molecular weight is 319 g/mol. The SMILES string of the molecule is Cc1[c]cc(-c2ccccc2)c(-c2ccccc2)c1-c1ccccc1. The van der Waals surface area contributed by atoms with Gasteiger partial charge in [-0.25, -0.2) is 0 Å². The van der Waals surface area contributed by atoms with E-state index in [-0.39, 0.29) is 0 Å². The summed E-state index contributed by atoms with van der Waals surface area (Å²) in [7, 11) is 0. The molecule has 0 atom stereocenters. The Morgan fingerprint density at radius 3 is 1.48 bits per heavy atom. The fourth-order valence-corrected chi connectivity index (χ4v) is 3.36. The number of benzene rings is 4. The van der Waals surface area contributed by atoms with Crippen molar-refractivity contribution in [1.82, 2.24) is 0 Å². The van der Waals surface area contributed by atoms with E-state index in [0.29, 0.717) is 0 Å². The highest BCUT2D eigenvalue weighted by Gasteiger charge is 2.16. The van der Waals surface area contributed by atoms with Crippen LogP contribution in [0.1, 0.15) is 5.56 Å². The molecule has 25 heavy (non-hydrogen) atoms. The van der Waals surface area contributed by atoms with E-state index in [9.17, 15) is 0 Å². The summed E-state index contributed by atoms with van der Waals surface area (Å²) in [6.07, 6.45) is 0. The molecular formula is C25H19. The van der Waals surface area contributed by atoms with Crippen LogP contribution in [0.3, 0.4) is 0 Å². The van der Waals surface area contributed by atoms with Crippen molar-refractivity contribution in [3.8, 4) is 33.4 Å². The third-order valence-electron chi connectivity index (χ3n) is 4.54. The van der Waals surface area contributed by atoms with Crippen molar-refractivity contribution in [2.75, 3.05) is 0 Å². The van der Waals surface area contributed by atoms with Crippen molar-refractivity contribution in [3.63, 3.8) is 0 Å². The second-order valence-corrected chi connectivity index (χ2v) is 6.18. The number of hydrogen-bond acceptors (Lipinski definition) is 0. The van der Waals surface area contributed by atoms with E-state index < -0.39 is 0 Å². The van der Waals surface area contributed by atoms with Gasteiger partial charge < -0.3 is 0 Å². The maximum absolute atomic E-state index is 3.48. The molecule has 0 amide bonds. The van der Waals surface area contributed by atoms with E-state index in [4.69, 9.17) is 0 Å². The third-order valence-corrected chi connectivity index (χ3v) is 4.54. The highest BCUT2D eigenvalue weighted by molar-refractivity contribution is 5.95. The third kappa shape index (κ3) is 2.99. The van der Waals surface area contributed by atoms with E-state index >= 15 is 0 Å². The van der Waals surface area contributed by atoms with Gasteiger partial charge in [0, 0.05) is 0 Å². The normalized spacial score (nSPS) is 10.6. The standard InChI is InChI=1S/C25H19/c1-19-17-18-23(20-11-5-2-6-12-20)25(22-15-9-4-10-16-22)24(19)21-13-7-3-8-14-21/h2-16,18H,1H3. The fourth-order valence-electron chi connectivity index (χ4n) is 3.36. The van der Waals surface area contributed by atoms with Crippen LogP contribution in [0.25, 0.3) is 33.4 Å². The Hall–Kier alpha value is -3.12. The largest absolute Gasteiger partial charge is 0.0622 e. The van der Waals surface area contributed by atoms with Crippen LogP contribution in [-0.2, 0) is 0 Å². The van der Waals surface area contributed by atoms with E-state index in [0.717, 1.165) is 0 Å². The average Bonchev–Trinajstić information content (AvgIpc) is 2.70. The van der Waals surface area contributed by atoms with E-state index in [1.165, 1.54) is 38.9 Å². The summed E-state index contributed by atoms with van der Waals surface area (Å²) in [5, 5.41) is 0. The van der Waals surface area contributed by atoms with Crippen LogP contribution in [-0.4, -0.2) is 0 Å². The first kappa shape index (κ1) is 15.4. The van der Waals surface area contributed by atoms with Gasteiger partial charge in [0.25, 0.3) is 0 Å². The molecule has 0 heteroatoms. The molecule has 0 saturated carbocycles. The first-order valence-electron chi connectivity index (χ1n) is 8.56. The predicted octanol–water partition coefficient (Wildman–Crippen LogP) is 6.80. The van der Waals surface area contributed by atoms with Crippen LogP contribution in [0, 0.1) is 13.0 Å². The minimum atomic E-state index is 1.17. The van der Waals surface area contributed by atoms with Gasteiger partial charge >= 0.3 is 0 Å². The summed E-state index contributed by atoms with van der Waals surface area (Å²) in [4.78, 5) is 0. The van der Waals surface area contributed by atoms with E-state index in [1.807, 2.05) is 0 Å². The molecule has 119 valence electrons. The zero-order valence-corrected chi connectivity index (χ0v) is 14.2. The molecule has 0 N–H and O–H groups in total. The van der Waals surface area contributed by atoms with Crippen molar-refractivity contribution < 1.29 is 0 Å². The van der Waals surface area contributed by atoms with Crippen LogP contribution in [0.2, 0.25) is 0 Å². The van der Waals surface area contributed by atoms with E-state index in [1.54, 1.807) is 0 Å². The molecule has 0 heterocycles. The van der Waals surface area contributed by atoms with Gasteiger partial charge in [-0.1, -0.05) is 91.0 Å². The maximum Gasteiger partial charge on any atom is -0.00237 e. The highest BCUT2D eigenvalue weighted by Crippen LogP contribution is 2.41. The van der Waals surface area contributed by atoms with E-state index in [2.05, 4.69) is 110 Å². The number of hydrogen-bond donors (Lipinski definition) is 0. The summed E-state index contributed by atoms with van der Waals surface area (Å²) in [5.74, 6) is 0. The van der Waals surface area contributed by atoms with Gasteiger partial charge in [0.15, 0.2) is 0 Å². The smallest absolute Gasteiger partial charge is 0.00237 e. The number of rotatable bonds is 3. The molecule has 4 aromatic carbocycles. The molecule has 0 aliphatic rings. The minimum absolute atomic E-state index is 1.17. The summed E-state index contributed by atoms with van der Waals surface area (Å²) >= 11 is 0. The lowest BCUT2D eigenvalue weighted by atomic mass is 9.85. The Morgan fingerprint density at radius 2 is 0.960 bits per heavy atom. The monoisotopic (exact) mass is 319 g/mol. The van der Waals surface area contributed by atoms with Gasteiger partial charge in [0.2, 0.25) is 0 Å². The molecular weight excluding hydrogens is 300 g/mol. The first-order valence-corrected chi connectivity index (χ1v) is 8.56. The predicted molar refractivity (Wildman–Crippen MR) is 106 cm³/mol. The van der Waals surface area contributed by atoms with Crippen LogP contribution in [0.5, 0.6) is 0 Å². The second kappa shape index (κ2) is 6.78. The lowest BCUT2D eigenvalue weighted by molar-refractivity contribution is 1.44. The Balaban J connectivity index is 2.08. The Labute approximate surface area is 149 Å². The molecule has 0 nitrogen and oxygen atoms in total. The summed E-state index contributed by atoms with van der Waals surface area (Å²) < 4.78 is 0. The van der Waals surface area contributed by atoms with Crippen LogP contribution < -0.4 is 0 Å². The van der Waals surface area contributed by atoms with Crippen molar-refractivity contribution in [2.24, 2.45) is 0 Å². The zero-order chi connectivity index (χ0) is 17.1. The summed E-state index contributed by atoms with van der Waals surface area (Å²) in [6, 6.07) is 37.4. The molecule has 0 saturated heterocycles. The molecule has 4 aromatic rings. The molecule has 0 unspecified atom stereocenters. The van der Waals surface area contributed by atoms with Crippen molar-refractivity contribution in [2.45, 2.75) is 6.92 Å². The molecule has 0 aliphatic carbocycles. The van der Waals surface area contributed by atoms with Gasteiger partial charge in [-0.3, -0.25) is 0 Å². The Morgan fingerprint density at radius 1 is 0.520 bits per heavy atom. The molecule has 0 bridgehead atoms. The van der Waals surface area contributed by atoms with Gasteiger partial charge in [0.05, 0.1) is 0 Å². The molecule has 0 spiro atoms. The minimum Gasteiger partial charge on any atom is -0.0622 e. The lowest BCUT2D eigenvalue weighted by Crippen LogP contribution is -1.93. The van der Waals surface area contributed by atoms with Crippen molar-refractivity contribution in [3.05, 3.63) is 109 Å². The number of aryl methyl sites for hydroxylation is 1. The Kier molecular flexibility index (Phi) is 4.18. The highest BCUT2D eigenvalue weighted by atomic mass is 14.2. The van der Waals surface area contributed by atoms with Crippen LogP contribution >= 0.6 is 0 Å². The fraction of sp³-hybridized carbons (Fsp3) is 0.0400. The second-order valence-electron chi connectivity index (χ2n) is 6.18. The summed E-state index contributed by atoms with van der Waals surface area (Å²) in [5.41, 5.74) is 8.60. The molecule has 0 fully saturated rings. The molecule has 0 aliphatic heterocycles. The van der Waals surface area contributed by atoms with Gasteiger partial charge in [-0.15, -0.1) is 0 Å². The maximum atomic E-state index is 3.48. The van der Waals surface area contributed by atoms with Gasteiger partial charge in [-0.05, 0) is 58.0 Å². The summed E-state index contributed by atoms with van der Waals surface area (Å²) in [6.45, 7) is 2.14. The topological polar surface area (TPSA) is 0 Å². The Bertz CT molecular complexity index is 968. The quantitative estimate of drug-likeness (QED) is 0.390. The zero-order valence-electron chi connectivity index (χ0n) is 14.2. The van der Waals surface area contributed by atoms with Crippen LogP contribution in [0.4, 0.5) is 0 Å². The van der Waals surface area contributed by atoms with Crippen molar-refractivity contribution >= 4 is 0 Å². The first-order chi connectivity index (χ1) is 12.3. The van der Waals surface area contributed by atoms with Crippen LogP contribution in [0.15, 0.2) is 97.1 Å². The lowest BCUT2D eigenvalue weighted by Gasteiger charge is -2.18. The molecule has 4 rings (SSSR count). The van der Waals surface area contributed by atoms with Gasteiger partial charge in [0.1, 0.15) is 0 Å². The molecule has 1 radical (unpaired) electrons. The van der Waals surface area contributed by atoms with Crippen molar-refractivity contribution in [1.29, 1.82) is 0 Å². The molecule has 0 aromatic heterocycles. The van der Waals surface area contributed by atoms with Gasteiger partial charge in [-0.2, -0.15) is 0 Å².